The molecule has 0 heterocycles. The molecule has 1 amide bonds. The maximum Gasteiger partial charge on any atom is 0.338 e. The van der Waals surface area contributed by atoms with Gasteiger partial charge in [-0.2, -0.15) is 0 Å². The second kappa shape index (κ2) is 11.1. The Kier molecular flexibility index (Phi) is 8.52. The third kappa shape index (κ3) is 7.49. The van der Waals surface area contributed by atoms with Crippen LogP contribution in [-0.4, -0.2) is 38.2 Å². The molecule has 2 rings (SSSR count). The lowest BCUT2D eigenvalue weighted by atomic mass is 10.1. The van der Waals surface area contributed by atoms with Crippen molar-refractivity contribution in [1.29, 1.82) is 0 Å². The van der Waals surface area contributed by atoms with Crippen LogP contribution in [0.25, 0.3) is 0 Å². The molecule has 29 heavy (non-hydrogen) atoms. The molecule has 156 valence electrons. The van der Waals surface area contributed by atoms with Gasteiger partial charge in [0.05, 0.1) is 19.3 Å². The van der Waals surface area contributed by atoms with Crippen LogP contribution in [0.1, 0.15) is 36.7 Å². The summed E-state index contributed by atoms with van der Waals surface area (Å²) in [7, 11) is 1.62. The van der Waals surface area contributed by atoms with Crippen molar-refractivity contribution in [2.45, 2.75) is 33.3 Å². The third-order valence-electron chi connectivity index (χ3n) is 4.20. The molecule has 1 N–H and O–H groups in total. The fourth-order valence-electron chi connectivity index (χ4n) is 2.50. The molecule has 2 aromatic carbocycles. The van der Waals surface area contributed by atoms with Gasteiger partial charge in [-0.3, -0.25) is 4.79 Å². The predicted octanol–water partition coefficient (Wildman–Crippen LogP) is 3.63. The number of hydrogen-bond donors (Lipinski definition) is 1. The molecule has 6 nitrogen and oxygen atoms in total. The molecule has 6 heteroatoms. The lowest BCUT2D eigenvalue weighted by molar-refractivity contribution is -0.129. The van der Waals surface area contributed by atoms with Crippen molar-refractivity contribution in [2.24, 2.45) is 5.92 Å². The first kappa shape index (κ1) is 22.3. The van der Waals surface area contributed by atoms with Gasteiger partial charge in [-0.15, -0.1) is 0 Å². The molecule has 0 aliphatic rings. The van der Waals surface area contributed by atoms with Crippen LogP contribution in [0, 0.1) is 5.92 Å². The molecule has 0 spiro atoms. The first-order chi connectivity index (χ1) is 13.9. The highest BCUT2D eigenvalue weighted by Crippen LogP contribution is 2.15. The summed E-state index contributed by atoms with van der Waals surface area (Å²) in [5.74, 6) is 1.03. The molecule has 0 fully saturated rings. The number of nitrogens with one attached hydrogen (secondary N) is 1. The zero-order valence-corrected chi connectivity index (χ0v) is 17.4. The van der Waals surface area contributed by atoms with E-state index in [9.17, 15) is 9.59 Å². The molecule has 0 radical (unpaired) electrons. The van der Waals surface area contributed by atoms with Crippen LogP contribution >= 0.6 is 0 Å². The van der Waals surface area contributed by atoms with Crippen molar-refractivity contribution in [3.8, 4) is 11.5 Å². The number of amides is 1. The molecule has 2 aromatic rings. The fraction of sp³-hybridized carbons (Fsp3) is 0.391. The van der Waals surface area contributed by atoms with E-state index in [1.165, 1.54) is 0 Å². The van der Waals surface area contributed by atoms with E-state index in [1.54, 1.807) is 38.3 Å². The van der Waals surface area contributed by atoms with Crippen molar-refractivity contribution in [1.82, 2.24) is 5.32 Å². The van der Waals surface area contributed by atoms with Crippen molar-refractivity contribution >= 4 is 11.9 Å². The van der Waals surface area contributed by atoms with Gasteiger partial charge in [-0.05, 0) is 61.2 Å². The average molecular weight is 399 g/mol. The summed E-state index contributed by atoms with van der Waals surface area (Å²) in [6, 6.07) is 14.4. The molecule has 0 unspecified atom stereocenters. The molecule has 0 aliphatic carbocycles. The van der Waals surface area contributed by atoms with Gasteiger partial charge in [0.15, 0.2) is 6.10 Å². The maximum atomic E-state index is 12.2. The van der Waals surface area contributed by atoms with E-state index in [0.29, 0.717) is 36.8 Å². The van der Waals surface area contributed by atoms with E-state index in [4.69, 9.17) is 14.2 Å². The van der Waals surface area contributed by atoms with Crippen molar-refractivity contribution in [2.75, 3.05) is 20.3 Å². The molecular weight excluding hydrogens is 370 g/mol. The number of hydrogen-bond acceptors (Lipinski definition) is 5. The minimum Gasteiger partial charge on any atom is -0.497 e. The first-order valence-electron chi connectivity index (χ1n) is 9.73. The Morgan fingerprint density at radius 3 is 2.14 bits per heavy atom. The number of carbonyl (C=O) groups excluding carboxylic acids is 2. The fourth-order valence-corrected chi connectivity index (χ4v) is 2.50. The number of ether oxygens (including phenoxy) is 3. The smallest absolute Gasteiger partial charge is 0.338 e. The van der Waals surface area contributed by atoms with E-state index >= 15 is 0 Å². The highest BCUT2D eigenvalue weighted by Gasteiger charge is 2.18. The third-order valence-corrected chi connectivity index (χ3v) is 4.20. The van der Waals surface area contributed by atoms with Crippen LogP contribution in [0.4, 0.5) is 0 Å². The van der Waals surface area contributed by atoms with Gasteiger partial charge in [0.25, 0.3) is 5.91 Å². The lowest BCUT2D eigenvalue weighted by Gasteiger charge is -2.14. The van der Waals surface area contributed by atoms with E-state index in [1.807, 2.05) is 24.3 Å². The van der Waals surface area contributed by atoms with Gasteiger partial charge in [-0.1, -0.05) is 26.0 Å². The minimum absolute atomic E-state index is 0.330. The van der Waals surface area contributed by atoms with E-state index in [2.05, 4.69) is 19.2 Å². The Bertz CT molecular complexity index is 784. The molecule has 0 saturated heterocycles. The zero-order valence-electron chi connectivity index (χ0n) is 17.4. The summed E-state index contributed by atoms with van der Waals surface area (Å²) in [6.07, 6.45) is -0.205. The molecule has 0 aromatic heterocycles. The summed E-state index contributed by atoms with van der Waals surface area (Å²) in [4.78, 5) is 24.4. The van der Waals surface area contributed by atoms with Crippen LogP contribution in [0.15, 0.2) is 48.5 Å². The first-order valence-corrected chi connectivity index (χ1v) is 9.73. The second-order valence-electron chi connectivity index (χ2n) is 7.17. The van der Waals surface area contributed by atoms with Crippen molar-refractivity contribution < 1.29 is 23.8 Å². The molecule has 1 atom stereocenters. The highest BCUT2D eigenvalue weighted by atomic mass is 16.5. The summed E-state index contributed by atoms with van der Waals surface area (Å²) < 4.78 is 16.0. The van der Waals surface area contributed by atoms with E-state index in [0.717, 1.165) is 11.3 Å². The van der Waals surface area contributed by atoms with Gasteiger partial charge in [0.2, 0.25) is 0 Å². The van der Waals surface area contributed by atoms with Gasteiger partial charge in [0.1, 0.15) is 11.5 Å². The predicted molar refractivity (Wildman–Crippen MR) is 111 cm³/mol. The molecular formula is C23H29NO5. The Hall–Kier alpha value is -3.02. The summed E-state index contributed by atoms with van der Waals surface area (Å²) >= 11 is 0. The number of benzene rings is 2. The van der Waals surface area contributed by atoms with Gasteiger partial charge in [0, 0.05) is 6.54 Å². The zero-order chi connectivity index (χ0) is 21.2. The maximum absolute atomic E-state index is 12.2. The Balaban J connectivity index is 1.76. The summed E-state index contributed by atoms with van der Waals surface area (Å²) in [5.41, 5.74) is 1.45. The number of methoxy groups -OCH3 is 1. The quantitative estimate of drug-likeness (QED) is 0.618. The van der Waals surface area contributed by atoms with Crippen molar-refractivity contribution in [3.63, 3.8) is 0 Å². The van der Waals surface area contributed by atoms with Crippen LogP contribution in [0.5, 0.6) is 11.5 Å². The topological polar surface area (TPSA) is 73.9 Å². The summed E-state index contributed by atoms with van der Waals surface area (Å²) in [5, 5.41) is 2.79. The number of rotatable bonds is 10. The van der Waals surface area contributed by atoms with Crippen LogP contribution < -0.4 is 14.8 Å². The standard InChI is InChI=1S/C23H29NO5/c1-16(2)15-28-21-11-7-19(8-12-21)23(26)29-17(3)22(25)24-14-13-18-5-9-20(27-4)10-6-18/h5-12,16-17H,13-15H2,1-4H3,(H,24,25)/t17-/m0/s1. The summed E-state index contributed by atoms with van der Waals surface area (Å²) in [6.45, 7) is 6.75. The Labute approximate surface area is 172 Å². The Morgan fingerprint density at radius 1 is 0.931 bits per heavy atom. The van der Waals surface area contributed by atoms with Crippen LogP contribution in [0.2, 0.25) is 0 Å². The number of carbonyl (C=O) groups is 2. The molecule has 0 aliphatic heterocycles. The largest absolute Gasteiger partial charge is 0.497 e. The average Bonchev–Trinajstić information content (AvgIpc) is 2.72. The Morgan fingerprint density at radius 2 is 1.55 bits per heavy atom. The highest BCUT2D eigenvalue weighted by molar-refractivity contribution is 5.92. The van der Waals surface area contributed by atoms with Crippen molar-refractivity contribution in [3.05, 3.63) is 59.7 Å². The minimum atomic E-state index is -0.879. The second-order valence-corrected chi connectivity index (χ2v) is 7.17. The van der Waals surface area contributed by atoms with E-state index < -0.39 is 12.1 Å². The van der Waals surface area contributed by atoms with Crippen LogP contribution in [0.3, 0.4) is 0 Å². The normalized spacial score (nSPS) is 11.6. The lowest BCUT2D eigenvalue weighted by Crippen LogP contribution is -2.36. The van der Waals surface area contributed by atoms with Gasteiger partial charge in [-0.25, -0.2) is 4.79 Å². The SMILES string of the molecule is COc1ccc(CCNC(=O)[C@H](C)OC(=O)c2ccc(OCC(C)C)cc2)cc1. The van der Waals surface area contributed by atoms with Crippen LogP contribution in [-0.2, 0) is 16.0 Å². The number of esters is 1. The molecule has 0 saturated carbocycles. The van der Waals surface area contributed by atoms with Gasteiger partial charge >= 0.3 is 5.97 Å². The monoisotopic (exact) mass is 399 g/mol. The van der Waals surface area contributed by atoms with Gasteiger partial charge < -0.3 is 19.5 Å². The van der Waals surface area contributed by atoms with E-state index in [-0.39, 0.29) is 5.91 Å². The molecule has 0 bridgehead atoms.